The van der Waals surface area contributed by atoms with Crippen LogP contribution in [0, 0.1) is 5.92 Å². The zero-order valence-electron chi connectivity index (χ0n) is 10.2. The third-order valence-electron chi connectivity index (χ3n) is 2.27. The minimum Gasteiger partial charge on any atom is -0.465 e. The first-order chi connectivity index (χ1) is 7.56. The normalized spacial score (nSPS) is 11.9. The van der Waals surface area contributed by atoms with Gasteiger partial charge in [0.25, 0.3) is 0 Å². The first-order valence-corrected chi connectivity index (χ1v) is 5.77. The van der Waals surface area contributed by atoms with Crippen LogP contribution in [0.5, 0.6) is 0 Å². The Balaban J connectivity index is 4.49. The fourth-order valence-corrected chi connectivity index (χ4v) is 1.43. The molecule has 4 nitrogen and oxygen atoms in total. The van der Waals surface area contributed by atoms with Crippen LogP contribution in [-0.2, 0) is 19.1 Å². The van der Waals surface area contributed by atoms with E-state index in [1.54, 1.807) is 13.8 Å². The zero-order chi connectivity index (χ0) is 12.6. The van der Waals surface area contributed by atoms with Gasteiger partial charge < -0.3 is 4.74 Å². The van der Waals surface area contributed by atoms with Gasteiger partial charge >= 0.3 is 5.97 Å². The first kappa shape index (κ1) is 14.8. The fraction of sp³-hybridized carbons (Fsp3) is 0.750. The van der Waals surface area contributed by atoms with Crippen molar-refractivity contribution in [1.82, 2.24) is 0 Å². The van der Waals surface area contributed by atoms with Crippen molar-refractivity contribution in [2.24, 2.45) is 5.92 Å². The van der Waals surface area contributed by atoms with Crippen molar-refractivity contribution in [3.63, 3.8) is 0 Å². The van der Waals surface area contributed by atoms with Crippen LogP contribution in [0.1, 0.15) is 46.5 Å². The molecule has 0 bridgehead atoms. The van der Waals surface area contributed by atoms with E-state index in [4.69, 9.17) is 4.74 Å². The average molecular weight is 228 g/mol. The molecule has 0 aliphatic rings. The summed E-state index contributed by atoms with van der Waals surface area (Å²) in [7, 11) is 0. The minimum atomic E-state index is -0.899. The summed E-state index contributed by atoms with van der Waals surface area (Å²) in [4.78, 5) is 34.4. The average Bonchev–Trinajstić information content (AvgIpc) is 2.25. The highest BCUT2D eigenvalue weighted by Gasteiger charge is 2.28. The summed E-state index contributed by atoms with van der Waals surface area (Å²) in [5.41, 5.74) is 0. The molecule has 0 saturated heterocycles. The minimum absolute atomic E-state index is 0.0145. The van der Waals surface area contributed by atoms with Crippen molar-refractivity contribution in [1.29, 1.82) is 0 Å². The van der Waals surface area contributed by atoms with Crippen LogP contribution in [-0.4, -0.2) is 24.1 Å². The van der Waals surface area contributed by atoms with Crippen LogP contribution in [0.4, 0.5) is 0 Å². The molecule has 0 rings (SSSR count). The third kappa shape index (κ3) is 5.05. The zero-order valence-corrected chi connectivity index (χ0v) is 10.2. The summed E-state index contributed by atoms with van der Waals surface area (Å²) in [6, 6.07) is 0. The maximum atomic E-state index is 11.5. The van der Waals surface area contributed by atoms with Crippen molar-refractivity contribution < 1.29 is 19.1 Å². The van der Waals surface area contributed by atoms with E-state index in [0.717, 1.165) is 6.42 Å². The molecular formula is C12H20O4. The second-order valence-electron chi connectivity index (χ2n) is 3.62. The molecule has 0 N–H and O–H groups in total. The van der Waals surface area contributed by atoms with Crippen molar-refractivity contribution in [2.75, 3.05) is 6.61 Å². The molecule has 0 aliphatic carbocycles. The van der Waals surface area contributed by atoms with Crippen LogP contribution >= 0.6 is 0 Å². The van der Waals surface area contributed by atoms with Gasteiger partial charge in [-0.3, -0.25) is 14.4 Å². The van der Waals surface area contributed by atoms with E-state index in [0.29, 0.717) is 6.42 Å². The Morgan fingerprint density at radius 2 is 1.75 bits per heavy atom. The number of carbonyl (C=O) groups excluding carboxylic acids is 3. The predicted octanol–water partition coefficient (Wildman–Crippen LogP) is 1.90. The largest absolute Gasteiger partial charge is 0.465 e. The highest BCUT2D eigenvalue weighted by Crippen LogP contribution is 2.12. The molecule has 0 aliphatic heterocycles. The van der Waals surface area contributed by atoms with E-state index in [-0.39, 0.29) is 31.0 Å². The highest BCUT2D eigenvalue weighted by molar-refractivity contribution is 6.02. The monoisotopic (exact) mass is 228 g/mol. The Bertz CT molecular complexity index is 258. The molecule has 0 amide bonds. The molecule has 0 fully saturated rings. The quantitative estimate of drug-likeness (QED) is 0.470. The van der Waals surface area contributed by atoms with Gasteiger partial charge in [0.2, 0.25) is 0 Å². The molecular weight excluding hydrogens is 208 g/mol. The van der Waals surface area contributed by atoms with E-state index < -0.39 is 11.9 Å². The van der Waals surface area contributed by atoms with Crippen LogP contribution in [0.3, 0.4) is 0 Å². The van der Waals surface area contributed by atoms with Crippen molar-refractivity contribution in [3.8, 4) is 0 Å². The van der Waals surface area contributed by atoms with Gasteiger partial charge in [-0.05, 0) is 13.3 Å². The van der Waals surface area contributed by atoms with Crippen molar-refractivity contribution in [2.45, 2.75) is 46.5 Å². The molecule has 16 heavy (non-hydrogen) atoms. The second-order valence-corrected chi connectivity index (χ2v) is 3.62. The molecule has 0 spiro atoms. The maximum Gasteiger partial charge on any atom is 0.316 e. The lowest BCUT2D eigenvalue weighted by Gasteiger charge is -2.12. The first-order valence-electron chi connectivity index (χ1n) is 5.77. The lowest BCUT2D eigenvalue weighted by atomic mass is 9.94. The van der Waals surface area contributed by atoms with Gasteiger partial charge in [0, 0.05) is 19.3 Å². The molecule has 0 aromatic heterocycles. The van der Waals surface area contributed by atoms with Crippen molar-refractivity contribution >= 4 is 17.5 Å². The van der Waals surface area contributed by atoms with Gasteiger partial charge in [-0.15, -0.1) is 0 Å². The van der Waals surface area contributed by atoms with Gasteiger partial charge in [0.1, 0.15) is 17.5 Å². The number of carbonyl (C=O) groups is 3. The van der Waals surface area contributed by atoms with Gasteiger partial charge in [-0.2, -0.15) is 0 Å². The summed E-state index contributed by atoms with van der Waals surface area (Å²) < 4.78 is 4.79. The van der Waals surface area contributed by atoms with E-state index in [2.05, 4.69) is 0 Å². The number of ether oxygens (including phenoxy) is 1. The molecule has 0 aromatic carbocycles. The summed E-state index contributed by atoms with van der Waals surface area (Å²) in [5.74, 6) is -1.74. The number of hydrogen-bond acceptors (Lipinski definition) is 4. The van der Waals surface area contributed by atoms with Gasteiger partial charge in [0.05, 0.1) is 6.61 Å². The molecule has 1 atom stereocenters. The van der Waals surface area contributed by atoms with Gasteiger partial charge in [-0.25, -0.2) is 0 Å². The Kier molecular flexibility index (Phi) is 7.42. The maximum absolute atomic E-state index is 11.5. The summed E-state index contributed by atoms with van der Waals surface area (Å²) >= 11 is 0. The highest BCUT2D eigenvalue weighted by atomic mass is 16.5. The van der Waals surface area contributed by atoms with E-state index in [1.165, 1.54) is 0 Å². The Hall–Kier alpha value is -1.19. The number of hydrogen-bond donors (Lipinski definition) is 0. The predicted molar refractivity (Wildman–Crippen MR) is 60.0 cm³/mol. The number of Topliss-reactive ketones (excluding diaryl/α,β-unsaturated/α-hetero) is 2. The van der Waals surface area contributed by atoms with E-state index in [1.807, 2.05) is 6.92 Å². The summed E-state index contributed by atoms with van der Waals surface area (Å²) in [5, 5.41) is 0. The Morgan fingerprint density at radius 1 is 1.12 bits per heavy atom. The number of esters is 1. The molecule has 92 valence electrons. The number of rotatable bonds is 8. The molecule has 0 radical (unpaired) electrons. The van der Waals surface area contributed by atoms with Crippen molar-refractivity contribution in [3.05, 3.63) is 0 Å². The molecule has 0 saturated carbocycles. The lowest BCUT2D eigenvalue weighted by Crippen LogP contribution is -2.28. The Morgan fingerprint density at radius 3 is 2.19 bits per heavy atom. The van der Waals surface area contributed by atoms with Gasteiger partial charge in [0.15, 0.2) is 0 Å². The van der Waals surface area contributed by atoms with Crippen LogP contribution in [0.2, 0.25) is 0 Å². The smallest absolute Gasteiger partial charge is 0.316 e. The summed E-state index contributed by atoms with van der Waals surface area (Å²) in [6.07, 6.45) is 1.38. The third-order valence-corrected chi connectivity index (χ3v) is 2.27. The van der Waals surface area contributed by atoms with Crippen LogP contribution in [0.15, 0.2) is 0 Å². The second kappa shape index (κ2) is 8.02. The molecule has 1 unspecified atom stereocenters. The fourth-order valence-electron chi connectivity index (χ4n) is 1.43. The van der Waals surface area contributed by atoms with Gasteiger partial charge in [-0.1, -0.05) is 13.8 Å². The Labute approximate surface area is 96.4 Å². The van der Waals surface area contributed by atoms with E-state index in [9.17, 15) is 14.4 Å². The number of ketones is 2. The molecule has 0 heterocycles. The van der Waals surface area contributed by atoms with E-state index >= 15 is 0 Å². The van der Waals surface area contributed by atoms with Crippen LogP contribution in [0.25, 0.3) is 0 Å². The SMILES string of the molecule is CCCC(=O)CC(C(=O)CC)C(=O)OCC. The standard InChI is InChI=1S/C12H20O4/c1-4-7-9(13)8-10(11(14)5-2)12(15)16-6-3/h10H,4-8H2,1-3H3. The molecule has 4 heteroatoms. The van der Waals surface area contributed by atoms with Crippen LogP contribution < -0.4 is 0 Å². The molecule has 0 aromatic rings. The topological polar surface area (TPSA) is 60.4 Å². The summed E-state index contributed by atoms with van der Waals surface area (Å²) in [6.45, 7) is 5.48. The lowest BCUT2D eigenvalue weighted by molar-refractivity contribution is -0.153.